The number of aromatic carboxylic acids is 1. The standard InChI is InChI=1S/C15H13Cl2NO4S/c1-8-3-10(15(19)20)4-14(9(8)2)23(21,22)18-13-6-11(16)5-12(17)7-13/h3-7,18H,1-2H3,(H,19,20)/p-1. The van der Waals surface area contributed by atoms with Gasteiger partial charge in [0.15, 0.2) is 0 Å². The molecule has 2 aromatic carbocycles. The van der Waals surface area contributed by atoms with Crippen LogP contribution in [0.2, 0.25) is 10.0 Å². The number of carboxylic acids is 1. The maximum absolute atomic E-state index is 12.6. The fourth-order valence-corrected chi connectivity index (χ4v) is 3.96. The molecule has 0 saturated carbocycles. The molecule has 5 nitrogen and oxygen atoms in total. The van der Waals surface area contributed by atoms with E-state index in [0.717, 1.165) is 6.07 Å². The van der Waals surface area contributed by atoms with E-state index in [1.54, 1.807) is 13.8 Å². The normalized spacial score (nSPS) is 11.3. The van der Waals surface area contributed by atoms with Crippen molar-refractivity contribution in [2.24, 2.45) is 0 Å². The van der Waals surface area contributed by atoms with Crippen molar-refractivity contribution in [1.29, 1.82) is 0 Å². The van der Waals surface area contributed by atoms with Gasteiger partial charge in [0.1, 0.15) is 0 Å². The number of carbonyl (C=O) groups excluding carboxylic acids is 1. The molecule has 2 rings (SSSR count). The summed E-state index contributed by atoms with van der Waals surface area (Å²) in [5.74, 6) is -1.45. The van der Waals surface area contributed by atoms with E-state index in [1.165, 1.54) is 24.3 Å². The summed E-state index contributed by atoms with van der Waals surface area (Å²) in [7, 11) is -4.01. The predicted molar refractivity (Wildman–Crippen MR) is 87.5 cm³/mol. The Morgan fingerprint density at radius 2 is 1.61 bits per heavy atom. The Morgan fingerprint density at radius 1 is 1.04 bits per heavy atom. The number of aryl methyl sites for hydroxylation is 1. The zero-order valence-electron chi connectivity index (χ0n) is 12.2. The number of nitrogens with one attached hydrogen (secondary N) is 1. The summed E-state index contributed by atoms with van der Waals surface area (Å²) >= 11 is 11.7. The monoisotopic (exact) mass is 372 g/mol. The molecule has 0 unspecified atom stereocenters. The zero-order chi connectivity index (χ0) is 17.4. The molecule has 0 saturated heterocycles. The van der Waals surface area contributed by atoms with Crippen LogP contribution in [-0.2, 0) is 10.0 Å². The fraction of sp³-hybridized carbons (Fsp3) is 0.133. The van der Waals surface area contributed by atoms with Gasteiger partial charge in [0.25, 0.3) is 10.0 Å². The Bertz CT molecular complexity index is 874. The van der Waals surface area contributed by atoms with Gasteiger partial charge >= 0.3 is 0 Å². The van der Waals surface area contributed by atoms with Gasteiger partial charge in [-0.2, -0.15) is 0 Å². The van der Waals surface area contributed by atoms with Crippen LogP contribution in [0.3, 0.4) is 0 Å². The van der Waals surface area contributed by atoms with Gasteiger partial charge in [-0.1, -0.05) is 23.2 Å². The molecule has 0 bridgehead atoms. The van der Waals surface area contributed by atoms with Gasteiger partial charge in [-0.25, -0.2) is 8.42 Å². The van der Waals surface area contributed by atoms with Gasteiger partial charge in [0.05, 0.1) is 16.6 Å². The van der Waals surface area contributed by atoms with Crippen molar-refractivity contribution >= 4 is 44.9 Å². The lowest BCUT2D eigenvalue weighted by atomic mass is 10.1. The first kappa shape index (κ1) is 17.6. The molecule has 23 heavy (non-hydrogen) atoms. The molecular weight excluding hydrogens is 361 g/mol. The van der Waals surface area contributed by atoms with Crippen LogP contribution in [0.1, 0.15) is 21.5 Å². The van der Waals surface area contributed by atoms with E-state index in [2.05, 4.69) is 4.72 Å². The van der Waals surface area contributed by atoms with Crippen LogP contribution in [0, 0.1) is 13.8 Å². The largest absolute Gasteiger partial charge is 0.545 e. The lowest BCUT2D eigenvalue weighted by Crippen LogP contribution is -2.23. The molecule has 0 aromatic heterocycles. The fourth-order valence-electron chi connectivity index (χ4n) is 2.05. The highest BCUT2D eigenvalue weighted by molar-refractivity contribution is 7.92. The predicted octanol–water partition coefficient (Wildman–Crippen LogP) is 2.77. The molecule has 8 heteroatoms. The minimum absolute atomic E-state index is 0.146. The van der Waals surface area contributed by atoms with Gasteiger partial charge < -0.3 is 9.90 Å². The second-order valence-corrected chi connectivity index (χ2v) is 7.49. The summed E-state index contributed by atoms with van der Waals surface area (Å²) in [5, 5.41) is 11.6. The molecular formula is C15H12Cl2NO4S-. The number of sulfonamides is 1. The quantitative estimate of drug-likeness (QED) is 0.893. The molecule has 0 aliphatic rings. The van der Waals surface area contributed by atoms with Crippen LogP contribution in [0.4, 0.5) is 5.69 Å². The van der Waals surface area contributed by atoms with Crippen molar-refractivity contribution in [2.75, 3.05) is 4.72 Å². The average Bonchev–Trinajstić information content (AvgIpc) is 2.39. The summed E-state index contributed by atoms with van der Waals surface area (Å²) in [4.78, 5) is 10.9. The highest BCUT2D eigenvalue weighted by Gasteiger charge is 2.20. The third-order valence-corrected chi connectivity index (χ3v) is 5.20. The molecule has 0 radical (unpaired) electrons. The first-order chi connectivity index (χ1) is 10.6. The van der Waals surface area contributed by atoms with Crippen molar-refractivity contribution in [3.05, 3.63) is 57.1 Å². The van der Waals surface area contributed by atoms with Crippen molar-refractivity contribution < 1.29 is 18.3 Å². The van der Waals surface area contributed by atoms with E-state index >= 15 is 0 Å². The number of anilines is 1. The Labute approximate surface area is 143 Å². The van der Waals surface area contributed by atoms with Crippen LogP contribution in [0.15, 0.2) is 35.2 Å². The third-order valence-electron chi connectivity index (χ3n) is 3.26. The molecule has 0 amide bonds. The highest BCUT2D eigenvalue weighted by atomic mass is 35.5. The Morgan fingerprint density at radius 3 is 2.13 bits per heavy atom. The van der Waals surface area contributed by atoms with Gasteiger partial charge in [-0.3, -0.25) is 4.72 Å². The first-order valence-corrected chi connectivity index (χ1v) is 8.65. The van der Waals surface area contributed by atoms with Crippen LogP contribution < -0.4 is 9.83 Å². The highest BCUT2D eigenvalue weighted by Crippen LogP contribution is 2.27. The summed E-state index contributed by atoms with van der Waals surface area (Å²) in [6.45, 7) is 3.21. The Balaban J connectivity index is 2.53. The molecule has 122 valence electrons. The molecule has 0 heterocycles. The van der Waals surface area contributed by atoms with E-state index in [0.29, 0.717) is 11.1 Å². The van der Waals surface area contributed by atoms with Crippen LogP contribution in [-0.4, -0.2) is 14.4 Å². The molecule has 2 aromatic rings. The first-order valence-electron chi connectivity index (χ1n) is 6.41. The van der Waals surface area contributed by atoms with Gasteiger partial charge in [0.2, 0.25) is 0 Å². The second-order valence-electron chi connectivity index (χ2n) is 4.97. The van der Waals surface area contributed by atoms with Crippen LogP contribution in [0.5, 0.6) is 0 Å². The number of hydrogen-bond donors (Lipinski definition) is 1. The third kappa shape index (κ3) is 3.96. The molecule has 1 N–H and O–H groups in total. The van der Waals surface area contributed by atoms with E-state index in [-0.39, 0.29) is 26.2 Å². The molecule has 0 aliphatic carbocycles. The number of hydrogen-bond acceptors (Lipinski definition) is 4. The maximum Gasteiger partial charge on any atom is 0.262 e. The van der Waals surface area contributed by atoms with E-state index < -0.39 is 16.0 Å². The summed E-state index contributed by atoms with van der Waals surface area (Å²) in [6.07, 6.45) is 0. The Hall–Kier alpha value is -1.76. The molecule has 0 atom stereocenters. The zero-order valence-corrected chi connectivity index (χ0v) is 14.5. The minimum atomic E-state index is -4.01. The van der Waals surface area contributed by atoms with Gasteiger partial charge in [-0.15, -0.1) is 0 Å². The van der Waals surface area contributed by atoms with E-state index in [9.17, 15) is 18.3 Å². The van der Waals surface area contributed by atoms with Crippen molar-refractivity contribution in [2.45, 2.75) is 18.7 Å². The number of halogens is 2. The van der Waals surface area contributed by atoms with Crippen molar-refractivity contribution in [3.8, 4) is 0 Å². The smallest absolute Gasteiger partial charge is 0.262 e. The van der Waals surface area contributed by atoms with Crippen LogP contribution >= 0.6 is 23.2 Å². The lowest BCUT2D eigenvalue weighted by molar-refractivity contribution is -0.255. The number of carbonyl (C=O) groups is 1. The van der Waals surface area contributed by atoms with Crippen molar-refractivity contribution in [1.82, 2.24) is 0 Å². The maximum atomic E-state index is 12.6. The molecule has 0 fully saturated rings. The second kappa shape index (κ2) is 6.39. The average molecular weight is 373 g/mol. The number of benzene rings is 2. The van der Waals surface area contributed by atoms with Crippen molar-refractivity contribution in [3.63, 3.8) is 0 Å². The molecule has 0 spiro atoms. The van der Waals surface area contributed by atoms with E-state index in [4.69, 9.17) is 23.2 Å². The lowest BCUT2D eigenvalue weighted by Gasteiger charge is -2.15. The summed E-state index contributed by atoms with van der Waals surface area (Å²) in [5.41, 5.74) is 0.933. The summed E-state index contributed by atoms with van der Waals surface area (Å²) in [6, 6.07) is 6.69. The molecule has 0 aliphatic heterocycles. The SMILES string of the molecule is Cc1cc(C(=O)[O-])cc(S(=O)(=O)Nc2cc(Cl)cc(Cl)c2)c1C. The number of carboxylic acid groups (broad SMARTS) is 1. The minimum Gasteiger partial charge on any atom is -0.545 e. The van der Waals surface area contributed by atoms with Gasteiger partial charge in [0, 0.05) is 10.0 Å². The van der Waals surface area contributed by atoms with E-state index in [1.807, 2.05) is 0 Å². The number of rotatable bonds is 4. The summed E-state index contributed by atoms with van der Waals surface area (Å²) < 4.78 is 27.5. The Kier molecular flexibility index (Phi) is 4.89. The van der Waals surface area contributed by atoms with Gasteiger partial charge in [-0.05, 0) is 60.9 Å². The topological polar surface area (TPSA) is 86.3 Å². The van der Waals surface area contributed by atoms with Crippen LogP contribution in [0.25, 0.3) is 0 Å².